The smallest absolute Gasteiger partial charge is 0.187 e. The zero-order valence-electron chi connectivity index (χ0n) is 6.81. The number of thiophene rings is 1. The van der Waals surface area contributed by atoms with E-state index in [1.54, 1.807) is 11.3 Å². The standard InChI is InChI=1S/C8H8Br2O2S/c9-7-5-6(8(10)13-7)12-4-2-1-3-11-5/h1-4H2. The van der Waals surface area contributed by atoms with Crippen molar-refractivity contribution in [2.45, 2.75) is 12.8 Å². The Morgan fingerprint density at radius 1 is 0.923 bits per heavy atom. The Bertz CT molecular complexity index is 283. The number of ether oxygens (including phenoxy) is 2. The highest BCUT2D eigenvalue weighted by Gasteiger charge is 2.19. The molecule has 0 radical (unpaired) electrons. The first-order valence-electron chi connectivity index (χ1n) is 4.02. The fourth-order valence-corrected chi connectivity index (χ4v) is 4.00. The van der Waals surface area contributed by atoms with Gasteiger partial charge >= 0.3 is 0 Å². The molecule has 0 aromatic carbocycles. The second-order valence-corrected chi connectivity index (χ2v) is 6.37. The molecule has 0 saturated carbocycles. The molecule has 0 N–H and O–H groups in total. The van der Waals surface area contributed by atoms with Crippen LogP contribution in [0.5, 0.6) is 11.5 Å². The third-order valence-corrected chi connectivity index (χ3v) is 4.19. The van der Waals surface area contributed by atoms with Gasteiger partial charge in [0, 0.05) is 0 Å². The second kappa shape index (κ2) is 4.19. The first-order valence-corrected chi connectivity index (χ1v) is 6.42. The molecule has 0 bridgehead atoms. The van der Waals surface area contributed by atoms with E-state index in [0.717, 1.165) is 45.1 Å². The molecule has 0 spiro atoms. The van der Waals surface area contributed by atoms with E-state index >= 15 is 0 Å². The van der Waals surface area contributed by atoms with Crippen LogP contribution in [0.2, 0.25) is 0 Å². The highest BCUT2D eigenvalue weighted by molar-refractivity contribution is 9.12. The molecule has 1 aliphatic heterocycles. The molecule has 1 aromatic rings. The Labute approximate surface area is 97.5 Å². The minimum Gasteiger partial charge on any atom is -0.488 e. The quantitative estimate of drug-likeness (QED) is 0.721. The average Bonchev–Trinajstić information content (AvgIpc) is 2.25. The average molecular weight is 328 g/mol. The maximum atomic E-state index is 5.59. The number of halogens is 2. The van der Waals surface area contributed by atoms with Crippen molar-refractivity contribution in [3.8, 4) is 11.5 Å². The van der Waals surface area contributed by atoms with Gasteiger partial charge < -0.3 is 9.47 Å². The van der Waals surface area contributed by atoms with Gasteiger partial charge in [0.1, 0.15) is 7.57 Å². The third kappa shape index (κ3) is 2.02. The number of fused-ring (bicyclic) bond motifs is 1. The molecule has 72 valence electrons. The molecule has 5 heteroatoms. The minimum atomic E-state index is 0.776. The zero-order valence-corrected chi connectivity index (χ0v) is 10.8. The van der Waals surface area contributed by atoms with Crippen LogP contribution in [0.4, 0.5) is 0 Å². The number of hydrogen-bond donors (Lipinski definition) is 0. The topological polar surface area (TPSA) is 18.5 Å². The summed E-state index contributed by atoms with van der Waals surface area (Å²) in [7, 11) is 0. The summed E-state index contributed by atoms with van der Waals surface area (Å²) in [6.45, 7) is 1.55. The van der Waals surface area contributed by atoms with Gasteiger partial charge in [0.05, 0.1) is 13.2 Å². The molecule has 1 aliphatic rings. The molecular formula is C8H8Br2O2S. The van der Waals surface area contributed by atoms with Gasteiger partial charge in [0.2, 0.25) is 0 Å². The van der Waals surface area contributed by atoms with E-state index in [0.29, 0.717) is 0 Å². The maximum absolute atomic E-state index is 5.59. The number of rotatable bonds is 0. The lowest BCUT2D eigenvalue weighted by atomic mass is 10.3. The normalized spacial score (nSPS) is 16.5. The van der Waals surface area contributed by atoms with Crippen molar-refractivity contribution in [3.63, 3.8) is 0 Å². The monoisotopic (exact) mass is 326 g/mol. The van der Waals surface area contributed by atoms with E-state index in [-0.39, 0.29) is 0 Å². The molecule has 2 nitrogen and oxygen atoms in total. The fourth-order valence-electron chi connectivity index (χ4n) is 1.15. The summed E-state index contributed by atoms with van der Waals surface area (Å²) in [6, 6.07) is 0. The summed E-state index contributed by atoms with van der Waals surface area (Å²) >= 11 is 8.48. The maximum Gasteiger partial charge on any atom is 0.187 e. The molecule has 0 amide bonds. The second-order valence-electron chi connectivity index (χ2n) is 2.71. The summed E-state index contributed by atoms with van der Waals surface area (Å²) in [5.74, 6) is 1.69. The predicted molar refractivity (Wildman–Crippen MR) is 59.9 cm³/mol. The summed E-state index contributed by atoms with van der Waals surface area (Å²) in [4.78, 5) is 0. The van der Waals surface area contributed by atoms with E-state index in [2.05, 4.69) is 31.9 Å². The lowest BCUT2D eigenvalue weighted by molar-refractivity contribution is 0.223. The van der Waals surface area contributed by atoms with E-state index in [1.807, 2.05) is 0 Å². The molecule has 0 aliphatic carbocycles. The molecule has 1 aromatic heterocycles. The molecule has 0 fully saturated rings. The van der Waals surface area contributed by atoms with Crippen molar-refractivity contribution < 1.29 is 9.47 Å². The van der Waals surface area contributed by atoms with Crippen LogP contribution in [0.25, 0.3) is 0 Å². The van der Waals surface area contributed by atoms with Crippen molar-refractivity contribution in [1.29, 1.82) is 0 Å². The van der Waals surface area contributed by atoms with Crippen molar-refractivity contribution in [1.82, 2.24) is 0 Å². The Kier molecular flexibility index (Phi) is 3.16. The van der Waals surface area contributed by atoms with Gasteiger partial charge in [0.15, 0.2) is 11.5 Å². The van der Waals surface area contributed by atoms with E-state index in [4.69, 9.17) is 9.47 Å². The molecule has 2 heterocycles. The Morgan fingerprint density at radius 3 is 1.85 bits per heavy atom. The number of hydrogen-bond acceptors (Lipinski definition) is 3. The molecule has 2 rings (SSSR count). The van der Waals surface area contributed by atoms with Crippen LogP contribution in [-0.2, 0) is 0 Å². The van der Waals surface area contributed by atoms with Crippen LogP contribution in [0.1, 0.15) is 12.8 Å². The van der Waals surface area contributed by atoms with E-state index in [9.17, 15) is 0 Å². The van der Waals surface area contributed by atoms with Crippen LogP contribution in [0, 0.1) is 0 Å². The highest BCUT2D eigenvalue weighted by Crippen LogP contribution is 2.49. The van der Waals surface area contributed by atoms with Crippen molar-refractivity contribution in [2.75, 3.05) is 13.2 Å². The van der Waals surface area contributed by atoms with Crippen LogP contribution in [0.3, 0.4) is 0 Å². The van der Waals surface area contributed by atoms with Crippen LogP contribution in [-0.4, -0.2) is 13.2 Å². The highest BCUT2D eigenvalue weighted by atomic mass is 79.9. The molecule has 0 unspecified atom stereocenters. The van der Waals surface area contributed by atoms with Gasteiger partial charge in [-0.2, -0.15) is 0 Å². The summed E-state index contributed by atoms with van der Waals surface area (Å²) in [5, 5.41) is 0. The van der Waals surface area contributed by atoms with Gasteiger partial charge in [-0.3, -0.25) is 0 Å². The third-order valence-electron chi connectivity index (χ3n) is 1.77. The Morgan fingerprint density at radius 2 is 1.38 bits per heavy atom. The van der Waals surface area contributed by atoms with Crippen molar-refractivity contribution in [2.24, 2.45) is 0 Å². The SMILES string of the molecule is Brc1sc(Br)c2c1OCCCCO2. The largest absolute Gasteiger partial charge is 0.488 e. The van der Waals surface area contributed by atoms with Crippen LogP contribution in [0.15, 0.2) is 7.57 Å². The van der Waals surface area contributed by atoms with Crippen LogP contribution < -0.4 is 9.47 Å². The lowest BCUT2D eigenvalue weighted by Crippen LogP contribution is -2.07. The zero-order chi connectivity index (χ0) is 9.26. The molecular weight excluding hydrogens is 320 g/mol. The Hall–Kier alpha value is 0.260. The van der Waals surface area contributed by atoms with Gasteiger partial charge in [-0.1, -0.05) is 0 Å². The van der Waals surface area contributed by atoms with Gasteiger partial charge in [-0.15, -0.1) is 11.3 Å². The first kappa shape index (κ1) is 9.80. The van der Waals surface area contributed by atoms with Crippen LogP contribution >= 0.6 is 43.2 Å². The summed E-state index contributed by atoms with van der Waals surface area (Å²) in [6.07, 6.45) is 2.11. The van der Waals surface area contributed by atoms with E-state index < -0.39 is 0 Å². The lowest BCUT2D eigenvalue weighted by Gasteiger charge is -2.13. The van der Waals surface area contributed by atoms with Gasteiger partial charge in [-0.25, -0.2) is 0 Å². The van der Waals surface area contributed by atoms with Gasteiger partial charge in [0.25, 0.3) is 0 Å². The van der Waals surface area contributed by atoms with E-state index in [1.165, 1.54) is 0 Å². The summed E-state index contributed by atoms with van der Waals surface area (Å²) < 4.78 is 13.2. The molecule has 0 saturated heterocycles. The van der Waals surface area contributed by atoms with Gasteiger partial charge in [-0.05, 0) is 44.7 Å². The Balaban J connectivity index is 2.35. The van der Waals surface area contributed by atoms with Crippen molar-refractivity contribution >= 4 is 43.2 Å². The molecule has 13 heavy (non-hydrogen) atoms. The fraction of sp³-hybridized carbons (Fsp3) is 0.500. The van der Waals surface area contributed by atoms with Crippen molar-refractivity contribution in [3.05, 3.63) is 7.57 Å². The predicted octanol–water partition coefficient (Wildman–Crippen LogP) is 3.82. The minimum absolute atomic E-state index is 0.776. The first-order chi connectivity index (χ1) is 6.29. The molecule has 0 atom stereocenters. The summed E-state index contributed by atoms with van der Waals surface area (Å²) in [5.41, 5.74) is 0.